The first kappa shape index (κ1) is 13.4. The second-order valence-corrected chi connectivity index (χ2v) is 4.37. The van der Waals surface area contributed by atoms with E-state index in [0.29, 0.717) is 18.2 Å². The van der Waals surface area contributed by atoms with Crippen LogP contribution < -0.4 is 4.74 Å². The summed E-state index contributed by atoms with van der Waals surface area (Å²) in [5.41, 5.74) is 0.563. The first-order valence-electron chi connectivity index (χ1n) is 5.71. The molecule has 0 aliphatic carbocycles. The summed E-state index contributed by atoms with van der Waals surface area (Å²) in [5.74, 6) is -0.436. The van der Waals surface area contributed by atoms with Crippen molar-refractivity contribution in [3.8, 4) is 6.01 Å². The highest BCUT2D eigenvalue weighted by atomic mass is 16.5. The van der Waals surface area contributed by atoms with Crippen molar-refractivity contribution in [3.63, 3.8) is 0 Å². The molecule has 0 fully saturated rings. The Morgan fingerprint density at radius 3 is 2.76 bits per heavy atom. The molecule has 0 aliphatic heterocycles. The van der Waals surface area contributed by atoms with Crippen LogP contribution in [0.15, 0.2) is 6.07 Å². The van der Waals surface area contributed by atoms with Gasteiger partial charge in [0.2, 0.25) is 0 Å². The third-order valence-corrected chi connectivity index (χ3v) is 2.21. The topological polar surface area (TPSA) is 72.3 Å². The lowest BCUT2D eigenvalue weighted by molar-refractivity contribution is 0.0688. The lowest BCUT2D eigenvalue weighted by atomic mass is 10.1. The molecule has 17 heavy (non-hydrogen) atoms. The monoisotopic (exact) mass is 238 g/mol. The molecule has 0 bridgehead atoms. The van der Waals surface area contributed by atoms with Crippen molar-refractivity contribution in [1.29, 1.82) is 0 Å². The molecule has 0 saturated carbocycles. The number of aromatic carboxylic acids is 1. The number of carboxylic acid groups (broad SMARTS) is 1. The van der Waals surface area contributed by atoms with Gasteiger partial charge in [0.25, 0.3) is 0 Å². The van der Waals surface area contributed by atoms with E-state index in [1.165, 1.54) is 6.07 Å². The summed E-state index contributed by atoms with van der Waals surface area (Å²) in [7, 11) is 0. The summed E-state index contributed by atoms with van der Waals surface area (Å²) in [5, 5.41) is 8.83. The Labute approximate surface area is 101 Å². The fourth-order valence-corrected chi connectivity index (χ4v) is 1.37. The van der Waals surface area contributed by atoms with E-state index in [-0.39, 0.29) is 11.7 Å². The van der Waals surface area contributed by atoms with Gasteiger partial charge in [0, 0.05) is 5.69 Å². The Morgan fingerprint density at radius 1 is 1.47 bits per heavy atom. The maximum atomic E-state index is 10.8. The molecule has 0 saturated heterocycles. The van der Waals surface area contributed by atoms with Crippen molar-refractivity contribution >= 4 is 5.97 Å². The minimum absolute atomic E-state index is 0.0311. The highest BCUT2D eigenvalue weighted by molar-refractivity contribution is 5.85. The molecule has 0 aliphatic rings. The average Bonchev–Trinajstić information content (AvgIpc) is 2.23. The summed E-state index contributed by atoms with van der Waals surface area (Å²) in [6, 6.07) is 1.56. The number of aromatic nitrogens is 2. The molecule has 0 atom stereocenters. The second kappa shape index (κ2) is 6.18. The number of aryl methyl sites for hydroxylation is 1. The standard InChI is InChI=1S/C12H18N2O3/c1-8(2)5-4-6-17-12-13-9(3)7-10(14-12)11(15)16/h7-8H,4-6H2,1-3H3,(H,15,16). The van der Waals surface area contributed by atoms with E-state index in [9.17, 15) is 4.79 Å². The normalized spacial score (nSPS) is 10.6. The van der Waals surface area contributed by atoms with Crippen LogP contribution in [0, 0.1) is 12.8 Å². The van der Waals surface area contributed by atoms with Gasteiger partial charge < -0.3 is 9.84 Å². The molecule has 0 aromatic carbocycles. The van der Waals surface area contributed by atoms with E-state index in [0.717, 1.165) is 12.8 Å². The zero-order chi connectivity index (χ0) is 12.8. The van der Waals surface area contributed by atoms with E-state index < -0.39 is 5.97 Å². The highest BCUT2D eigenvalue weighted by Gasteiger charge is 2.09. The Balaban J connectivity index is 2.56. The number of ether oxygens (including phenoxy) is 1. The van der Waals surface area contributed by atoms with Gasteiger partial charge in [0.05, 0.1) is 6.61 Å². The third kappa shape index (κ3) is 4.80. The second-order valence-electron chi connectivity index (χ2n) is 4.37. The van der Waals surface area contributed by atoms with Crippen molar-refractivity contribution in [3.05, 3.63) is 17.5 Å². The minimum Gasteiger partial charge on any atom is -0.477 e. The van der Waals surface area contributed by atoms with E-state index in [1.54, 1.807) is 6.92 Å². The summed E-state index contributed by atoms with van der Waals surface area (Å²) >= 11 is 0. The van der Waals surface area contributed by atoms with Crippen LogP contribution in [-0.4, -0.2) is 27.7 Å². The molecule has 1 N–H and O–H groups in total. The van der Waals surface area contributed by atoms with Gasteiger partial charge in [-0.25, -0.2) is 9.78 Å². The van der Waals surface area contributed by atoms with Gasteiger partial charge >= 0.3 is 12.0 Å². The molecular formula is C12H18N2O3. The molecule has 1 aromatic heterocycles. The Hall–Kier alpha value is -1.65. The molecule has 0 radical (unpaired) electrons. The van der Waals surface area contributed by atoms with E-state index in [4.69, 9.17) is 9.84 Å². The summed E-state index contributed by atoms with van der Waals surface area (Å²) in [4.78, 5) is 18.6. The van der Waals surface area contributed by atoms with Crippen LogP contribution in [0.5, 0.6) is 6.01 Å². The largest absolute Gasteiger partial charge is 0.477 e. The van der Waals surface area contributed by atoms with Crippen LogP contribution in [-0.2, 0) is 0 Å². The van der Waals surface area contributed by atoms with Gasteiger partial charge in [-0.3, -0.25) is 0 Å². The molecule has 94 valence electrons. The molecule has 0 unspecified atom stereocenters. The lowest BCUT2D eigenvalue weighted by Crippen LogP contribution is -2.08. The Kier molecular flexibility index (Phi) is 4.87. The Bertz CT molecular complexity index is 391. The fourth-order valence-electron chi connectivity index (χ4n) is 1.37. The van der Waals surface area contributed by atoms with Gasteiger partial charge in [-0.1, -0.05) is 13.8 Å². The highest BCUT2D eigenvalue weighted by Crippen LogP contribution is 2.09. The van der Waals surface area contributed by atoms with Crippen LogP contribution in [0.2, 0.25) is 0 Å². The van der Waals surface area contributed by atoms with Crippen molar-refractivity contribution < 1.29 is 14.6 Å². The summed E-state index contributed by atoms with van der Waals surface area (Å²) in [6.45, 7) is 6.52. The van der Waals surface area contributed by atoms with Crippen molar-refractivity contribution in [2.75, 3.05) is 6.61 Å². The van der Waals surface area contributed by atoms with Crippen LogP contribution in [0.3, 0.4) is 0 Å². The van der Waals surface area contributed by atoms with Crippen LogP contribution in [0.4, 0.5) is 0 Å². The van der Waals surface area contributed by atoms with Crippen molar-refractivity contribution in [2.24, 2.45) is 5.92 Å². The molecule has 5 heteroatoms. The zero-order valence-electron chi connectivity index (χ0n) is 10.4. The van der Waals surface area contributed by atoms with Crippen molar-refractivity contribution in [2.45, 2.75) is 33.6 Å². The van der Waals surface area contributed by atoms with Crippen LogP contribution >= 0.6 is 0 Å². The zero-order valence-corrected chi connectivity index (χ0v) is 10.4. The molecule has 0 spiro atoms. The SMILES string of the molecule is Cc1cc(C(=O)O)nc(OCCCC(C)C)n1. The molecule has 1 heterocycles. The van der Waals surface area contributed by atoms with Crippen molar-refractivity contribution in [1.82, 2.24) is 9.97 Å². The smallest absolute Gasteiger partial charge is 0.354 e. The maximum absolute atomic E-state index is 10.8. The number of hydrogen-bond donors (Lipinski definition) is 1. The van der Waals surface area contributed by atoms with E-state index >= 15 is 0 Å². The van der Waals surface area contributed by atoms with Crippen LogP contribution in [0.25, 0.3) is 0 Å². The molecule has 1 aromatic rings. The first-order chi connectivity index (χ1) is 7.99. The first-order valence-corrected chi connectivity index (χ1v) is 5.71. The molecular weight excluding hydrogens is 220 g/mol. The van der Waals surface area contributed by atoms with Gasteiger partial charge in [-0.05, 0) is 31.7 Å². The summed E-state index contributed by atoms with van der Waals surface area (Å²) in [6.07, 6.45) is 1.98. The van der Waals surface area contributed by atoms with E-state index in [2.05, 4.69) is 23.8 Å². The fraction of sp³-hybridized carbons (Fsp3) is 0.583. The molecule has 0 amide bonds. The van der Waals surface area contributed by atoms with Crippen LogP contribution in [0.1, 0.15) is 42.9 Å². The van der Waals surface area contributed by atoms with Gasteiger partial charge in [-0.2, -0.15) is 4.98 Å². The lowest BCUT2D eigenvalue weighted by Gasteiger charge is -2.07. The van der Waals surface area contributed by atoms with Gasteiger partial charge in [0.1, 0.15) is 0 Å². The predicted octanol–water partition coefficient (Wildman–Crippen LogP) is 2.30. The number of hydrogen-bond acceptors (Lipinski definition) is 4. The molecule has 5 nitrogen and oxygen atoms in total. The minimum atomic E-state index is -1.07. The quantitative estimate of drug-likeness (QED) is 0.770. The van der Waals surface area contributed by atoms with Gasteiger partial charge in [0.15, 0.2) is 5.69 Å². The van der Waals surface area contributed by atoms with Gasteiger partial charge in [-0.15, -0.1) is 0 Å². The third-order valence-electron chi connectivity index (χ3n) is 2.21. The molecule has 1 rings (SSSR count). The number of carboxylic acids is 1. The van der Waals surface area contributed by atoms with E-state index in [1.807, 2.05) is 0 Å². The summed E-state index contributed by atoms with van der Waals surface area (Å²) < 4.78 is 5.34. The Morgan fingerprint density at radius 2 is 2.18 bits per heavy atom. The number of nitrogens with zero attached hydrogens (tertiary/aromatic N) is 2. The predicted molar refractivity (Wildman–Crippen MR) is 63.3 cm³/mol. The average molecular weight is 238 g/mol. The number of carbonyl (C=O) groups is 1. The maximum Gasteiger partial charge on any atom is 0.354 e. The number of rotatable bonds is 6.